The van der Waals surface area contributed by atoms with Crippen LogP contribution >= 0.6 is 11.3 Å². The number of carboxylic acid groups (broad SMARTS) is 1. The van der Waals surface area contributed by atoms with Gasteiger partial charge in [-0.05, 0) is 30.5 Å². The molecule has 3 aromatic rings. The molecule has 3 atom stereocenters. The molecule has 1 aromatic carbocycles. The van der Waals surface area contributed by atoms with Crippen LogP contribution < -0.4 is 4.72 Å². The van der Waals surface area contributed by atoms with Crippen molar-refractivity contribution in [2.75, 3.05) is 0 Å². The van der Waals surface area contributed by atoms with E-state index >= 15 is 0 Å². The van der Waals surface area contributed by atoms with Crippen LogP contribution in [0, 0.1) is 12.8 Å². The van der Waals surface area contributed by atoms with Crippen molar-refractivity contribution in [3.05, 3.63) is 66.2 Å². The molecule has 7 nitrogen and oxygen atoms in total. The zero-order valence-electron chi connectivity index (χ0n) is 15.2. The van der Waals surface area contributed by atoms with Crippen molar-refractivity contribution >= 4 is 27.3 Å². The largest absolute Gasteiger partial charge is 0.480 e. The average molecular weight is 418 g/mol. The number of rotatable bonds is 6. The van der Waals surface area contributed by atoms with Gasteiger partial charge in [0.25, 0.3) is 10.0 Å². The summed E-state index contributed by atoms with van der Waals surface area (Å²) in [4.78, 5) is 16.2. The maximum absolute atomic E-state index is 13.0. The van der Waals surface area contributed by atoms with Gasteiger partial charge in [-0.15, -0.1) is 11.3 Å². The number of nitrogens with one attached hydrogen (secondary N) is 1. The van der Waals surface area contributed by atoms with Gasteiger partial charge in [-0.3, -0.25) is 9.36 Å². The first kappa shape index (κ1) is 18.9. The predicted molar refractivity (Wildman–Crippen MR) is 105 cm³/mol. The average Bonchev–Trinajstić information content (AvgIpc) is 3.06. The SMILES string of the molecule is Cc1cn(-c2ccc(S(=O)(=O)N[C@@]3(C(=O)O)C(C)[C@@H]3c3ccccc3)s2)cn1. The van der Waals surface area contributed by atoms with Crippen molar-refractivity contribution in [3.63, 3.8) is 0 Å². The van der Waals surface area contributed by atoms with Gasteiger partial charge < -0.3 is 5.11 Å². The molecule has 146 valence electrons. The smallest absolute Gasteiger partial charge is 0.325 e. The fraction of sp³-hybridized carbons (Fsp3) is 0.263. The van der Waals surface area contributed by atoms with Gasteiger partial charge in [-0.2, -0.15) is 4.72 Å². The van der Waals surface area contributed by atoms with Gasteiger partial charge in [0.1, 0.15) is 21.1 Å². The van der Waals surface area contributed by atoms with E-state index in [-0.39, 0.29) is 10.1 Å². The Morgan fingerprint density at radius 1 is 1.25 bits per heavy atom. The lowest BCUT2D eigenvalue weighted by Gasteiger charge is -2.15. The van der Waals surface area contributed by atoms with Crippen molar-refractivity contribution in [1.29, 1.82) is 0 Å². The Kier molecular flexibility index (Phi) is 4.40. The van der Waals surface area contributed by atoms with E-state index in [4.69, 9.17) is 0 Å². The van der Waals surface area contributed by atoms with Crippen LogP contribution in [-0.4, -0.2) is 34.6 Å². The predicted octanol–water partition coefficient (Wildman–Crippen LogP) is 2.78. The third kappa shape index (κ3) is 2.95. The number of aliphatic carboxylic acids is 1. The minimum absolute atomic E-state index is 0.0698. The molecule has 0 spiro atoms. The van der Waals surface area contributed by atoms with Crippen LogP contribution in [0.3, 0.4) is 0 Å². The number of aromatic nitrogens is 2. The van der Waals surface area contributed by atoms with Crippen molar-refractivity contribution in [2.45, 2.75) is 29.5 Å². The van der Waals surface area contributed by atoms with Gasteiger partial charge in [-0.1, -0.05) is 37.3 Å². The number of thiophene rings is 1. The highest BCUT2D eigenvalue weighted by atomic mass is 32.2. The molecule has 1 unspecified atom stereocenters. The molecular formula is C19H19N3O4S2. The number of nitrogens with zero attached hydrogens (tertiary/aromatic N) is 2. The summed E-state index contributed by atoms with van der Waals surface area (Å²) in [5, 5.41) is 10.6. The van der Waals surface area contributed by atoms with Gasteiger partial charge in [0.05, 0.1) is 5.69 Å². The number of benzene rings is 1. The summed E-state index contributed by atoms with van der Waals surface area (Å²) in [6, 6.07) is 12.3. The molecular weight excluding hydrogens is 398 g/mol. The molecule has 1 aliphatic rings. The van der Waals surface area contributed by atoms with E-state index in [1.54, 1.807) is 30.1 Å². The number of carbonyl (C=O) groups is 1. The molecule has 9 heteroatoms. The standard InChI is InChI=1S/C19H19N3O4S2/c1-12-10-22(11-20-12)15-8-9-16(27-15)28(25,26)21-19(18(23)24)13(2)17(19)14-6-4-3-5-7-14/h3-11,13,17,21H,1-2H3,(H,23,24)/t13?,17-,19+/m1/s1. The molecule has 1 saturated carbocycles. The fourth-order valence-corrected chi connectivity index (χ4v) is 6.40. The first-order chi connectivity index (χ1) is 13.3. The maximum Gasteiger partial charge on any atom is 0.325 e. The van der Waals surface area contributed by atoms with Crippen molar-refractivity contribution < 1.29 is 18.3 Å². The monoisotopic (exact) mass is 417 g/mol. The van der Waals surface area contributed by atoms with Gasteiger partial charge in [0.15, 0.2) is 0 Å². The number of sulfonamides is 1. The highest BCUT2D eigenvalue weighted by Crippen LogP contribution is 2.58. The second kappa shape index (κ2) is 6.54. The number of hydrogen-bond acceptors (Lipinski definition) is 5. The lowest BCUT2D eigenvalue weighted by molar-refractivity contribution is -0.140. The minimum atomic E-state index is -4.00. The zero-order chi connectivity index (χ0) is 20.1. The molecule has 0 aliphatic heterocycles. The zero-order valence-corrected chi connectivity index (χ0v) is 16.9. The summed E-state index contributed by atoms with van der Waals surface area (Å²) in [5.41, 5.74) is 0.0785. The highest BCUT2D eigenvalue weighted by Gasteiger charge is 2.70. The van der Waals surface area contributed by atoms with E-state index in [0.29, 0.717) is 5.00 Å². The van der Waals surface area contributed by atoms with E-state index in [2.05, 4.69) is 9.71 Å². The summed E-state index contributed by atoms with van der Waals surface area (Å²) < 4.78 is 30.2. The summed E-state index contributed by atoms with van der Waals surface area (Å²) >= 11 is 1.06. The molecule has 4 rings (SSSR count). The second-order valence-corrected chi connectivity index (χ2v) is 9.94. The van der Waals surface area contributed by atoms with Crippen LogP contribution in [-0.2, 0) is 14.8 Å². The lowest BCUT2D eigenvalue weighted by atomic mass is 10.1. The third-order valence-electron chi connectivity index (χ3n) is 5.21. The molecule has 2 N–H and O–H groups in total. The summed E-state index contributed by atoms with van der Waals surface area (Å²) in [6.45, 7) is 3.60. The molecule has 1 fully saturated rings. The van der Waals surface area contributed by atoms with Crippen LogP contribution in [0.1, 0.15) is 24.1 Å². The van der Waals surface area contributed by atoms with Crippen molar-refractivity contribution in [3.8, 4) is 5.00 Å². The van der Waals surface area contributed by atoms with Crippen LogP contribution in [0.5, 0.6) is 0 Å². The Bertz CT molecular complexity index is 1140. The number of carboxylic acids is 1. The van der Waals surface area contributed by atoms with Crippen LogP contribution in [0.2, 0.25) is 0 Å². The van der Waals surface area contributed by atoms with E-state index in [9.17, 15) is 18.3 Å². The summed E-state index contributed by atoms with van der Waals surface area (Å²) in [6.07, 6.45) is 3.40. The molecule has 0 saturated heterocycles. The molecule has 2 aromatic heterocycles. The van der Waals surface area contributed by atoms with Crippen molar-refractivity contribution in [1.82, 2.24) is 14.3 Å². The molecule has 0 bridgehead atoms. The van der Waals surface area contributed by atoms with E-state index in [1.807, 2.05) is 37.3 Å². The highest BCUT2D eigenvalue weighted by molar-refractivity contribution is 7.91. The number of imidazole rings is 1. The van der Waals surface area contributed by atoms with Gasteiger partial charge in [0, 0.05) is 12.1 Å². The van der Waals surface area contributed by atoms with E-state index in [0.717, 1.165) is 22.6 Å². The Morgan fingerprint density at radius 3 is 2.57 bits per heavy atom. The third-order valence-corrected chi connectivity index (χ3v) is 8.29. The van der Waals surface area contributed by atoms with Crippen molar-refractivity contribution in [2.24, 2.45) is 5.92 Å². The molecule has 0 amide bonds. The first-order valence-electron chi connectivity index (χ1n) is 8.69. The first-order valence-corrected chi connectivity index (χ1v) is 11.0. The number of hydrogen-bond donors (Lipinski definition) is 2. The molecule has 0 radical (unpaired) electrons. The summed E-state index contributed by atoms with van der Waals surface area (Å²) in [7, 11) is -4.00. The molecule has 28 heavy (non-hydrogen) atoms. The minimum Gasteiger partial charge on any atom is -0.480 e. The molecule has 2 heterocycles. The Hall–Kier alpha value is -2.49. The fourth-order valence-electron chi connectivity index (χ4n) is 3.71. The van der Waals surface area contributed by atoms with Gasteiger partial charge in [0.2, 0.25) is 0 Å². The summed E-state index contributed by atoms with van der Waals surface area (Å²) in [5.74, 6) is -1.95. The Labute approximate surface area is 166 Å². The van der Waals surface area contributed by atoms with Crippen LogP contribution in [0.25, 0.3) is 5.00 Å². The maximum atomic E-state index is 13.0. The Balaban J connectivity index is 1.65. The number of aryl methyl sites for hydroxylation is 1. The van der Waals surface area contributed by atoms with Crippen LogP contribution in [0.4, 0.5) is 0 Å². The lowest BCUT2D eigenvalue weighted by Crippen LogP contribution is -2.45. The molecule has 1 aliphatic carbocycles. The quantitative estimate of drug-likeness (QED) is 0.642. The van der Waals surface area contributed by atoms with Gasteiger partial charge in [-0.25, -0.2) is 13.4 Å². The van der Waals surface area contributed by atoms with Crippen LogP contribution in [0.15, 0.2) is 59.2 Å². The van der Waals surface area contributed by atoms with E-state index < -0.39 is 27.4 Å². The van der Waals surface area contributed by atoms with Gasteiger partial charge >= 0.3 is 5.97 Å². The second-order valence-electron chi connectivity index (χ2n) is 6.97. The van der Waals surface area contributed by atoms with E-state index in [1.165, 1.54) is 6.07 Å². The normalized spacial score (nSPS) is 24.2. The Morgan fingerprint density at radius 2 is 1.96 bits per heavy atom. The topological polar surface area (TPSA) is 101 Å².